The summed E-state index contributed by atoms with van der Waals surface area (Å²) in [4.78, 5) is 35.2. The van der Waals surface area contributed by atoms with Gasteiger partial charge in [0.05, 0.1) is 31.9 Å². The van der Waals surface area contributed by atoms with Crippen LogP contribution in [0.15, 0.2) is 54.6 Å². The molecule has 1 aliphatic heterocycles. The number of nitrogens with zero attached hydrogens (tertiary/aromatic N) is 2. The zero-order valence-electron chi connectivity index (χ0n) is 28.7. The summed E-state index contributed by atoms with van der Waals surface area (Å²) in [5.41, 5.74) is 4.20. The van der Waals surface area contributed by atoms with Crippen LogP contribution in [0.5, 0.6) is 5.75 Å². The molecule has 1 heterocycles. The fourth-order valence-electron chi connectivity index (χ4n) is 7.75. The van der Waals surface area contributed by atoms with Gasteiger partial charge in [-0.25, -0.2) is 0 Å². The van der Waals surface area contributed by atoms with Gasteiger partial charge in [0.1, 0.15) is 17.9 Å². The predicted molar refractivity (Wildman–Crippen MR) is 181 cm³/mol. The lowest BCUT2D eigenvalue weighted by Crippen LogP contribution is -2.59. The normalized spacial score (nSPS) is 27.3. The fourth-order valence-corrected chi connectivity index (χ4v) is 7.75. The van der Waals surface area contributed by atoms with Crippen molar-refractivity contribution >= 4 is 11.8 Å². The maximum absolute atomic E-state index is 14.1. The molecule has 2 bridgehead atoms. The van der Waals surface area contributed by atoms with Crippen LogP contribution in [0.4, 0.5) is 0 Å². The van der Waals surface area contributed by atoms with E-state index in [4.69, 9.17) is 9.57 Å². The molecule has 1 unspecified atom stereocenters. The molecule has 4 fully saturated rings. The number of carbonyl (C=O) groups excluding carboxylic acids is 2. The number of aliphatic hydroxyl groups is 2. The number of benzene rings is 2. The number of fused-ring (bicyclic) bond motifs is 2. The number of aliphatic hydroxyl groups excluding tert-OH is 2. The van der Waals surface area contributed by atoms with Crippen LogP contribution in [0, 0.1) is 23.2 Å². The predicted octanol–water partition coefficient (Wildman–Crippen LogP) is 3.62. The second-order valence-electron chi connectivity index (χ2n) is 14.2. The van der Waals surface area contributed by atoms with Gasteiger partial charge in [0.15, 0.2) is 0 Å². The lowest BCUT2D eigenvalue weighted by molar-refractivity contribution is -0.182. The lowest BCUT2D eigenvalue weighted by Gasteiger charge is -2.60. The zero-order valence-corrected chi connectivity index (χ0v) is 28.7. The Morgan fingerprint density at radius 3 is 2.57 bits per heavy atom. The minimum atomic E-state index is -0.904. The Morgan fingerprint density at radius 1 is 1.19 bits per heavy atom. The Kier molecular flexibility index (Phi) is 10.8. The number of amides is 2. The van der Waals surface area contributed by atoms with Crippen LogP contribution in [0.1, 0.15) is 56.5 Å². The Morgan fingerprint density at radius 2 is 1.94 bits per heavy atom. The Balaban J connectivity index is 1.41. The van der Waals surface area contributed by atoms with E-state index in [0.29, 0.717) is 36.3 Å². The van der Waals surface area contributed by atoms with Gasteiger partial charge < -0.3 is 30.5 Å². The van der Waals surface area contributed by atoms with Gasteiger partial charge in [0.2, 0.25) is 5.91 Å². The van der Waals surface area contributed by atoms with E-state index in [1.54, 1.807) is 18.1 Å². The third kappa shape index (κ3) is 7.12. The van der Waals surface area contributed by atoms with Crippen LogP contribution in [0.3, 0.4) is 0 Å². The number of hydrogen-bond donors (Lipinski definition) is 4. The monoisotopic (exact) mass is 648 g/mol. The van der Waals surface area contributed by atoms with Crippen molar-refractivity contribution in [3.63, 3.8) is 0 Å². The maximum Gasteiger partial charge on any atom is 0.251 e. The molecule has 4 N–H and O–H groups in total. The first-order valence-corrected chi connectivity index (χ1v) is 16.9. The van der Waals surface area contributed by atoms with Crippen LogP contribution in [-0.4, -0.2) is 96.7 Å². The van der Waals surface area contributed by atoms with Gasteiger partial charge in [-0.3, -0.25) is 14.4 Å². The topological polar surface area (TPSA) is 124 Å². The second kappa shape index (κ2) is 14.5. The van der Waals surface area contributed by atoms with Crippen molar-refractivity contribution in [1.82, 2.24) is 20.6 Å². The first kappa shape index (κ1) is 35.0. The highest BCUT2D eigenvalue weighted by Gasteiger charge is 2.56. The minimum absolute atomic E-state index is 0.140. The fraction of sp³-hybridized carbons (Fsp3) is 0.568. The molecule has 7 atom stereocenters. The van der Waals surface area contributed by atoms with Crippen LogP contribution in [0.25, 0.3) is 11.1 Å². The van der Waals surface area contributed by atoms with E-state index >= 15 is 0 Å². The van der Waals surface area contributed by atoms with E-state index in [2.05, 4.69) is 31.1 Å². The molecule has 2 amide bonds. The molecule has 1 saturated heterocycles. The summed E-state index contributed by atoms with van der Waals surface area (Å²) in [5.74, 6) is 0.466. The molecule has 47 heavy (non-hydrogen) atoms. The van der Waals surface area contributed by atoms with E-state index in [1.807, 2.05) is 62.3 Å². The summed E-state index contributed by atoms with van der Waals surface area (Å²) in [7, 11) is 3.92. The highest BCUT2D eigenvalue weighted by Crippen LogP contribution is 2.60. The van der Waals surface area contributed by atoms with Crippen LogP contribution < -0.4 is 15.4 Å². The van der Waals surface area contributed by atoms with Crippen molar-refractivity contribution in [1.29, 1.82) is 0 Å². The summed E-state index contributed by atoms with van der Waals surface area (Å²) < 4.78 is 6.22. The standard InChI is InChI=1S/C37H52N4O6/c1-8-46-34-26(13-10-14-28(34)24-11-9-12-25(17-24)35(44)38-15-16-40(6)7)20-41-33(32(23(3)43)31(21-42)47-41)36(45)39-30-19-27-18-29(22(30)2)37(27,4)5/h9-14,17,23,27,29-33,42-43H,2,8,15-16,18-21H2,1,3-7H3,(H,38,44)(H,39,45)/t23-,27?,29-,30-,31-,32-,33-/m0/s1. The quantitative estimate of drug-likeness (QED) is 0.243. The molecule has 2 aromatic carbocycles. The Hall–Kier alpha value is -3.28. The molecule has 0 aromatic heterocycles. The van der Waals surface area contributed by atoms with E-state index in [9.17, 15) is 19.8 Å². The van der Waals surface area contributed by atoms with Crippen LogP contribution in [-0.2, 0) is 16.2 Å². The van der Waals surface area contributed by atoms with E-state index in [1.165, 1.54) is 0 Å². The molecule has 0 spiro atoms. The molecular weight excluding hydrogens is 596 g/mol. The highest BCUT2D eigenvalue weighted by molar-refractivity contribution is 5.95. The number of likely N-dealkylation sites (N-methyl/N-ethyl adjacent to an activating group) is 1. The molecule has 4 aliphatic rings. The van der Waals surface area contributed by atoms with E-state index < -0.39 is 24.2 Å². The van der Waals surface area contributed by atoms with Gasteiger partial charge in [0.25, 0.3) is 5.91 Å². The number of rotatable bonds is 13. The molecule has 3 saturated carbocycles. The highest BCUT2D eigenvalue weighted by atomic mass is 16.7. The van der Waals surface area contributed by atoms with Gasteiger partial charge >= 0.3 is 0 Å². The third-order valence-electron chi connectivity index (χ3n) is 10.6. The first-order chi connectivity index (χ1) is 22.4. The van der Waals surface area contributed by atoms with Gasteiger partial charge in [0, 0.05) is 35.7 Å². The molecule has 256 valence electrons. The average Bonchev–Trinajstić information content (AvgIpc) is 3.41. The minimum Gasteiger partial charge on any atom is -0.493 e. The summed E-state index contributed by atoms with van der Waals surface area (Å²) in [6.07, 6.45) is 0.293. The van der Waals surface area contributed by atoms with Crippen LogP contribution in [0.2, 0.25) is 0 Å². The molecule has 10 heteroatoms. The van der Waals surface area contributed by atoms with Crippen molar-refractivity contribution in [3.05, 3.63) is 65.7 Å². The van der Waals surface area contributed by atoms with Gasteiger partial charge in [-0.2, -0.15) is 5.06 Å². The molecule has 3 aliphatic carbocycles. The summed E-state index contributed by atoms with van der Waals surface area (Å²) in [6.45, 7) is 14.0. The van der Waals surface area contributed by atoms with Crippen LogP contribution >= 0.6 is 0 Å². The van der Waals surface area contributed by atoms with E-state index in [-0.39, 0.29) is 36.4 Å². The van der Waals surface area contributed by atoms with Gasteiger partial charge in [-0.15, -0.1) is 0 Å². The molecular formula is C37H52N4O6. The summed E-state index contributed by atoms with van der Waals surface area (Å²) in [6, 6.07) is 12.2. The molecule has 6 rings (SSSR count). The molecule has 0 radical (unpaired) electrons. The average molecular weight is 649 g/mol. The second-order valence-corrected chi connectivity index (χ2v) is 14.2. The largest absolute Gasteiger partial charge is 0.493 e. The van der Waals surface area contributed by atoms with E-state index in [0.717, 1.165) is 41.6 Å². The van der Waals surface area contributed by atoms with Crippen molar-refractivity contribution in [3.8, 4) is 16.9 Å². The number of ether oxygens (including phenoxy) is 1. The number of carbonyl (C=O) groups is 2. The number of hydrogen-bond acceptors (Lipinski definition) is 8. The molecule has 2 aromatic rings. The van der Waals surface area contributed by atoms with Gasteiger partial charge in [-0.1, -0.05) is 56.3 Å². The molecule has 10 nitrogen and oxygen atoms in total. The summed E-state index contributed by atoms with van der Waals surface area (Å²) in [5, 5.41) is 28.9. The van der Waals surface area contributed by atoms with Crippen molar-refractivity contribution < 1.29 is 29.4 Å². The van der Waals surface area contributed by atoms with Crippen molar-refractivity contribution in [2.45, 2.75) is 71.4 Å². The lowest BCUT2D eigenvalue weighted by atomic mass is 9.46. The zero-order chi connectivity index (χ0) is 34.0. The third-order valence-corrected chi connectivity index (χ3v) is 10.6. The maximum atomic E-state index is 14.1. The Labute approximate surface area is 279 Å². The number of para-hydroxylation sites is 1. The number of hydroxylamine groups is 2. The van der Waals surface area contributed by atoms with Crippen molar-refractivity contribution in [2.75, 3.05) is 40.4 Å². The summed E-state index contributed by atoms with van der Waals surface area (Å²) >= 11 is 0. The number of nitrogens with one attached hydrogen (secondary N) is 2. The van der Waals surface area contributed by atoms with Gasteiger partial charge in [-0.05, 0) is 75.7 Å². The van der Waals surface area contributed by atoms with Crippen molar-refractivity contribution in [2.24, 2.45) is 23.2 Å². The SMILES string of the molecule is C=C1[C@@H](NC(=O)[C@@H]2[C@@H]([C@H](C)O)[C@H](CO)ON2Cc2cccc(-c3cccc(C(=O)NCCN(C)C)c3)c2OCC)CC2C[C@@H]1C2(C)C. The first-order valence-electron chi connectivity index (χ1n) is 16.9. The smallest absolute Gasteiger partial charge is 0.251 e. The Bertz CT molecular complexity index is 1460.